The maximum Gasteiger partial charge on any atom is 0.255 e. The number of carbonyl (C=O) groups excluding carboxylic acids is 1. The van der Waals surface area contributed by atoms with Gasteiger partial charge in [0.2, 0.25) is 0 Å². The van der Waals surface area contributed by atoms with Gasteiger partial charge in [0.25, 0.3) is 5.91 Å². The van der Waals surface area contributed by atoms with Crippen LogP contribution in [0.5, 0.6) is 0 Å². The van der Waals surface area contributed by atoms with E-state index in [4.69, 9.17) is 5.73 Å². The molecule has 1 aromatic rings. The number of amides is 1. The van der Waals surface area contributed by atoms with E-state index in [0.717, 1.165) is 18.4 Å². The van der Waals surface area contributed by atoms with Gasteiger partial charge in [-0.05, 0) is 31.9 Å². The van der Waals surface area contributed by atoms with Crippen LogP contribution in [0.15, 0.2) is 18.2 Å². The maximum absolute atomic E-state index is 12.3. The molecule has 1 amide bonds. The van der Waals surface area contributed by atoms with Gasteiger partial charge >= 0.3 is 0 Å². The first-order valence-corrected chi connectivity index (χ1v) is 6.11. The molecule has 0 aliphatic heterocycles. The van der Waals surface area contributed by atoms with Gasteiger partial charge in [-0.1, -0.05) is 25.5 Å². The van der Waals surface area contributed by atoms with Crippen molar-refractivity contribution in [2.75, 3.05) is 12.8 Å². The zero-order chi connectivity index (χ0) is 13.0. The van der Waals surface area contributed by atoms with E-state index in [0.29, 0.717) is 11.3 Å². The molecule has 2 N–H and O–H groups in total. The Morgan fingerprint density at radius 3 is 2.71 bits per heavy atom. The number of hydrogen-bond donors (Lipinski definition) is 1. The fraction of sp³-hybridized carbons (Fsp3) is 0.500. The highest BCUT2D eigenvalue weighted by atomic mass is 16.2. The van der Waals surface area contributed by atoms with Gasteiger partial charge < -0.3 is 10.6 Å². The van der Waals surface area contributed by atoms with E-state index in [1.807, 2.05) is 26.1 Å². The Bertz CT molecular complexity index is 401. The second kappa shape index (κ2) is 5.71. The van der Waals surface area contributed by atoms with Crippen molar-refractivity contribution in [2.24, 2.45) is 0 Å². The van der Waals surface area contributed by atoms with Gasteiger partial charge in [-0.25, -0.2) is 0 Å². The highest BCUT2D eigenvalue weighted by Crippen LogP contribution is 2.19. The van der Waals surface area contributed by atoms with E-state index in [9.17, 15) is 4.79 Å². The lowest BCUT2D eigenvalue weighted by atomic mass is 10.1. The standard InChI is InChI=1S/C14H22N2O/c1-5-7-11(3)16(4)14(17)12-9-6-8-10(2)13(12)15/h6,8-9,11H,5,7,15H2,1-4H3. The number of carbonyl (C=O) groups is 1. The summed E-state index contributed by atoms with van der Waals surface area (Å²) in [4.78, 5) is 14.1. The lowest BCUT2D eigenvalue weighted by Gasteiger charge is -2.25. The Hall–Kier alpha value is -1.51. The average molecular weight is 234 g/mol. The monoisotopic (exact) mass is 234 g/mol. The smallest absolute Gasteiger partial charge is 0.255 e. The summed E-state index contributed by atoms with van der Waals surface area (Å²) in [5.41, 5.74) is 8.10. The number of nitrogens with two attached hydrogens (primary N) is 1. The zero-order valence-electron chi connectivity index (χ0n) is 11.2. The Kier molecular flexibility index (Phi) is 4.55. The van der Waals surface area contributed by atoms with Crippen molar-refractivity contribution in [2.45, 2.75) is 39.7 Å². The second-order valence-corrected chi connectivity index (χ2v) is 4.59. The molecule has 3 nitrogen and oxygen atoms in total. The maximum atomic E-state index is 12.3. The zero-order valence-corrected chi connectivity index (χ0v) is 11.2. The summed E-state index contributed by atoms with van der Waals surface area (Å²) in [6, 6.07) is 5.82. The summed E-state index contributed by atoms with van der Waals surface area (Å²) < 4.78 is 0. The molecule has 0 fully saturated rings. The largest absolute Gasteiger partial charge is 0.398 e. The van der Waals surface area contributed by atoms with Gasteiger partial charge in [0.15, 0.2) is 0 Å². The number of nitrogens with zero attached hydrogens (tertiary/aromatic N) is 1. The lowest BCUT2D eigenvalue weighted by molar-refractivity contribution is 0.0738. The van der Waals surface area contributed by atoms with E-state index in [1.165, 1.54) is 0 Å². The van der Waals surface area contributed by atoms with E-state index >= 15 is 0 Å². The van der Waals surface area contributed by atoms with Crippen molar-refractivity contribution >= 4 is 11.6 Å². The number of rotatable bonds is 4. The van der Waals surface area contributed by atoms with Crippen molar-refractivity contribution in [3.63, 3.8) is 0 Å². The number of hydrogen-bond acceptors (Lipinski definition) is 2. The SMILES string of the molecule is CCCC(C)N(C)C(=O)c1cccc(C)c1N. The molecule has 1 atom stereocenters. The minimum atomic E-state index is 0.00662. The summed E-state index contributed by atoms with van der Waals surface area (Å²) in [6.07, 6.45) is 2.08. The molecule has 0 bridgehead atoms. The third-order valence-electron chi connectivity index (χ3n) is 3.24. The van der Waals surface area contributed by atoms with Crippen molar-refractivity contribution in [3.8, 4) is 0 Å². The van der Waals surface area contributed by atoms with Crippen LogP contribution in [0, 0.1) is 6.92 Å². The normalized spacial score (nSPS) is 12.2. The lowest BCUT2D eigenvalue weighted by Crippen LogP contribution is -2.35. The molecule has 0 spiro atoms. The van der Waals surface area contributed by atoms with Crippen LogP contribution in [0.3, 0.4) is 0 Å². The first-order valence-electron chi connectivity index (χ1n) is 6.11. The van der Waals surface area contributed by atoms with Gasteiger partial charge in [-0.15, -0.1) is 0 Å². The van der Waals surface area contributed by atoms with E-state index in [2.05, 4.69) is 13.8 Å². The van der Waals surface area contributed by atoms with E-state index < -0.39 is 0 Å². The topological polar surface area (TPSA) is 46.3 Å². The Morgan fingerprint density at radius 2 is 2.12 bits per heavy atom. The number of para-hydroxylation sites is 1. The molecule has 0 saturated heterocycles. The molecular weight excluding hydrogens is 212 g/mol. The quantitative estimate of drug-likeness (QED) is 0.814. The first-order chi connectivity index (χ1) is 7.99. The molecule has 1 aromatic carbocycles. The van der Waals surface area contributed by atoms with Crippen molar-refractivity contribution in [1.29, 1.82) is 0 Å². The van der Waals surface area contributed by atoms with Crippen LogP contribution in [-0.4, -0.2) is 23.9 Å². The van der Waals surface area contributed by atoms with Gasteiger partial charge in [-0.3, -0.25) is 4.79 Å². The number of nitrogen functional groups attached to an aromatic ring is 1. The molecule has 0 aliphatic carbocycles. The molecule has 1 rings (SSSR count). The van der Waals surface area contributed by atoms with Gasteiger partial charge in [-0.2, -0.15) is 0 Å². The van der Waals surface area contributed by atoms with Crippen LogP contribution in [0.25, 0.3) is 0 Å². The summed E-state index contributed by atoms with van der Waals surface area (Å²) >= 11 is 0. The molecule has 1 unspecified atom stereocenters. The van der Waals surface area contributed by atoms with Crippen LogP contribution in [-0.2, 0) is 0 Å². The summed E-state index contributed by atoms with van der Waals surface area (Å²) in [7, 11) is 1.84. The molecule has 0 heterocycles. The van der Waals surface area contributed by atoms with Crippen molar-refractivity contribution < 1.29 is 4.79 Å². The Balaban J connectivity index is 2.93. The molecule has 94 valence electrons. The fourth-order valence-corrected chi connectivity index (χ4v) is 1.87. The second-order valence-electron chi connectivity index (χ2n) is 4.59. The number of anilines is 1. The summed E-state index contributed by atoms with van der Waals surface area (Å²) in [5.74, 6) is 0.00662. The van der Waals surface area contributed by atoms with E-state index in [-0.39, 0.29) is 11.9 Å². The highest BCUT2D eigenvalue weighted by molar-refractivity contribution is 5.99. The molecular formula is C14H22N2O. The van der Waals surface area contributed by atoms with E-state index in [1.54, 1.807) is 11.0 Å². The van der Waals surface area contributed by atoms with Crippen LogP contribution in [0.2, 0.25) is 0 Å². The number of benzene rings is 1. The average Bonchev–Trinajstić information content (AvgIpc) is 2.31. The molecule has 17 heavy (non-hydrogen) atoms. The molecule has 0 radical (unpaired) electrons. The summed E-state index contributed by atoms with van der Waals surface area (Å²) in [5, 5.41) is 0. The van der Waals surface area contributed by atoms with Crippen LogP contribution in [0.1, 0.15) is 42.6 Å². The first kappa shape index (κ1) is 13.6. The fourth-order valence-electron chi connectivity index (χ4n) is 1.87. The minimum absolute atomic E-state index is 0.00662. The third-order valence-corrected chi connectivity index (χ3v) is 3.24. The van der Waals surface area contributed by atoms with Crippen molar-refractivity contribution in [1.82, 2.24) is 4.90 Å². The Morgan fingerprint density at radius 1 is 1.47 bits per heavy atom. The number of aryl methyl sites for hydroxylation is 1. The van der Waals surface area contributed by atoms with Gasteiger partial charge in [0.1, 0.15) is 0 Å². The van der Waals surface area contributed by atoms with Crippen LogP contribution < -0.4 is 5.73 Å². The Labute approximate surface area is 104 Å². The van der Waals surface area contributed by atoms with Crippen LogP contribution >= 0.6 is 0 Å². The van der Waals surface area contributed by atoms with Gasteiger partial charge in [0.05, 0.1) is 5.56 Å². The van der Waals surface area contributed by atoms with Gasteiger partial charge in [0, 0.05) is 18.8 Å². The predicted octanol–water partition coefficient (Wildman–Crippen LogP) is 2.84. The predicted molar refractivity (Wildman–Crippen MR) is 72.1 cm³/mol. The molecule has 0 aromatic heterocycles. The summed E-state index contributed by atoms with van der Waals surface area (Å²) in [6.45, 7) is 6.10. The molecule has 0 aliphatic rings. The molecule has 3 heteroatoms. The van der Waals surface area contributed by atoms with Crippen molar-refractivity contribution in [3.05, 3.63) is 29.3 Å². The highest BCUT2D eigenvalue weighted by Gasteiger charge is 2.19. The van der Waals surface area contributed by atoms with Crippen LogP contribution in [0.4, 0.5) is 5.69 Å². The molecule has 0 saturated carbocycles. The third kappa shape index (κ3) is 2.99. The minimum Gasteiger partial charge on any atom is -0.398 e.